The molecule has 2 nitrogen and oxygen atoms in total. The summed E-state index contributed by atoms with van der Waals surface area (Å²) in [6.45, 7) is 1.92. The number of benzene rings is 2. The lowest BCUT2D eigenvalue weighted by molar-refractivity contribution is 0.0697. The van der Waals surface area contributed by atoms with Gasteiger partial charge in [-0.15, -0.1) is 0 Å². The maximum Gasteiger partial charge on any atom is 0.336 e. The number of carbonyl (C=O) groups is 1. The minimum atomic E-state index is -0.860. The highest BCUT2D eigenvalue weighted by molar-refractivity contribution is 5.96. The molecule has 0 saturated carbocycles. The average Bonchev–Trinajstić information content (AvgIpc) is 2.46. The molecular formula is C18H18O2. The molecule has 20 heavy (non-hydrogen) atoms. The fraction of sp³-hybridized carbons (Fsp3) is 0.278. The van der Waals surface area contributed by atoms with Crippen molar-refractivity contribution >= 4 is 5.97 Å². The number of carboxylic acid groups (broad SMARTS) is 1. The SMILES string of the molecule is Cc1ccc(-c2ccc3c(c2)CCCC3)c(C(=O)O)c1. The number of carboxylic acids is 1. The molecule has 0 aliphatic heterocycles. The fourth-order valence-corrected chi connectivity index (χ4v) is 2.99. The molecule has 0 amide bonds. The zero-order valence-electron chi connectivity index (χ0n) is 11.6. The van der Waals surface area contributed by atoms with Crippen molar-refractivity contribution in [3.05, 3.63) is 58.7 Å². The van der Waals surface area contributed by atoms with Crippen LogP contribution in [0.1, 0.15) is 39.9 Å². The van der Waals surface area contributed by atoms with Crippen LogP contribution in [-0.2, 0) is 12.8 Å². The second kappa shape index (κ2) is 5.12. The molecule has 1 N–H and O–H groups in total. The molecule has 102 valence electrons. The topological polar surface area (TPSA) is 37.3 Å². The minimum Gasteiger partial charge on any atom is -0.478 e. The molecule has 0 aromatic heterocycles. The van der Waals surface area contributed by atoms with Gasteiger partial charge in [-0.3, -0.25) is 0 Å². The van der Waals surface area contributed by atoms with Crippen LogP contribution in [0.15, 0.2) is 36.4 Å². The van der Waals surface area contributed by atoms with Crippen molar-refractivity contribution in [3.8, 4) is 11.1 Å². The molecule has 1 aliphatic rings. The van der Waals surface area contributed by atoms with Gasteiger partial charge in [-0.25, -0.2) is 4.79 Å². The molecule has 2 heteroatoms. The first kappa shape index (κ1) is 12.9. The third-order valence-corrected chi connectivity index (χ3v) is 4.06. The Labute approximate surface area is 119 Å². The first-order valence-corrected chi connectivity index (χ1v) is 7.11. The highest BCUT2D eigenvalue weighted by Crippen LogP contribution is 2.30. The first-order chi connectivity index (χ1) is 9.65. The summed E-state index contributed by atoms with van der Waals surface area (Å²) in [6.07, 6.45) is 4.75. The van der Waals surface area contributed by atoms with Gasteiger partial charge in [0.05, 0.1) is 5.56 Å². The van der Waals surface area contributed by atoms with E-state index < -0.39 is 5.97 Å². The Balaban J connectivity index is 2.11. The number of aromatic carboxylic acids is 1. The van der Waals surface area contributed by atoms with Crippen LogP contribution in [0, 0.1) is 6.92 Å². The Morgan fingerprint density at radius 3 is 2.50 bits per heavy atom. The van der Waals surface area contributed by atoms with Crippen LogP contribution < -0.4 is 0 Å². The van der Waals surface area contributed by atoms with Gasteiger partial charge >= 0.3 is 5.97 Å². The van der Waals surface area contributed by atoms with Gasteiger partial charge in [0.2, 0.25) is 0 Å². The van der Waals surface area contributed by atoms with E-state index in [1.165, 1.54) is 24.0 Å². The standard InChI is InChI=1S/C18H18O2/c1-12-6-9-16(17(10-12)18(19)20)15-8-7-13-4-2-3-5-14(13)11-15/h6-11H,2-5H2,1H3,(H,19,20). The van der Waals surface area contributed by atoms with Crippen LogP contribution in [0.5, 0.6) is 0 Å². The van der Waals surface area contributed by atoms with Crippen LogP contribution >= 0.6 is 0 Å². The molecule has 2 aromatic rings. The zero-order chi connectivity index (χ0) is 14.1. The molecule has 0 spiro atoms. The van der Waals surface area contributed by atoms with E-state index in [-0.39, 0.29) is 0 Å². The molecular weight excluding hydrogens is 248 g/mol. The van der Waals surface area contributed by atoms with Gasteiger partial charge in [0.1, 0.15) is 0 Å². The second-order valence-corrected chi connectivity index (χ2v) is 5.54. The van der Waals surface area contributed by atoms with E-state index in [0.717, 1.165) is 29.5 Å². The molecule has 1 aliphatic carbocycles. The fourth-order valence-electron chi connectivity index (χ4n) is 2.99. The van der Waals surface area contributed by atoms with Crippen LogP contribution in [-0.4, -0.2) is 11.1 Å². The highest BCUT2D eigenvalue weighted by atomic mass is 16.4. The van der Waals surface area contributed by atoms with Crippen molar-refractivity contribution < 1.29 is 9.90 Å². The molecule has 2 aromatic carbocycles. The summed E-state index contributed by atoms with van der Waals surface area (Å²) in [5.41, 5.74) is 6.00. The predicted molar refractivity (Wildman–Crippen MR) is 80.2 cm³/mol. The lowest BCUT2D eigenvalue weighted by Gasteiger charge is -2.17. The Kier molecular flexibility index (Phi) is 3.31. The second-order valence-electron chi connectivity index (χ2n) is 5.54. The van der Waals surface area contributed by atoms with Crippen molar-refractivity contribution in [2.75, 3.05) is 0 Å². The van der Waals surface area contributed by atoms with Gasteiger partial charge in [-0.05, 0) is 60.9 Å². The van der Waals surface area contributed by atoms with Crippen molar-refractivity contribution in [3.63, 3.8) is 0 Å². The van der Waals surface area contributed by atoms with E-state index in [2.05, 4.69) is 18.2 Å². The van der Waals surface area contributed by atoms with E-state index >= 15 is 0 Å². The summed E-state index contributed by atoms with van der Waals surface area (Å²) in [4.78, 5) is 11.4. The predicted octanol–water partition coefficient (Wildman–Crippen LogP) is 4.24. The monoisotopic (exact) mass is 266 g/mol. The number of fused-ring (bicyclic) bond motifs is 1. The Bertz CT molecular complexity index is 671. The molecule has 0 saturated heterocycles. The lowest BCUT2D eigenvalue weighted by atomic mass is 9.88. The number of hydrogen-bond acceptors (Lipinski definition) is 1. The van der Waals surface area contributed by atoms with E-state index in [0.29, 0.717) is 5.56 Å². The van der Waals surface area contributed by atoms with Gasteiger partial charge < -0.3 is 5.11 Å². The Morgan fingerprint density at radius 2 is 1.75 bits per heavy atom. The van der Waals surface area contributed by atoms with Gasteiger partial charge in [0.25, 0.3) is 0 Å². The maximum atomic E-state index is 11.4. The van der Waals surface area contributed by atoms with Crippen molar-refractivity contribution in [1.82, 2.24) is 0 Å². The first-order valence-electron chi connectivity index (χ1n) is 7.11. The van der Waals surface area contributed by atoms with Crippen molar-refractivity contribution in [1.29, 1.82) is 0 Å². The lowest BCUT2D eigenvalue weighted by Crippen LogP contribution is -2.04. The third-order valence-electron chi connectivity index (χ3n) is 4.06. The van der Waals surface area contributed by atoms with Crippen molar-refractivity contribution in [2.45, 2.75) is 32.6 Å². The van der Waals surface area contributed by atoms with E-state index in [1.54, 1.807) is 6.07 Å². The number of hydrogen-bond donors (Lipinski definition) is 1. The van der Waals surface area contributed by atoms with Gasteiger partial charge in [-0.1, -0.05) is 35.9 Å². The van der Waals surface area contributed by atoms with E-state index in [1.807, 2.05) is 19.1 Å². The largest absolute Gasteiger partial charge is 0.478 e. The Hall–Kier alpha value is -2.09. The van der Waals surface area contributed by atoms with Crippen LogP contribution in [0.2, 0.25) is 0 Å². The third kappa shape index (κ3) is 2.34. The molecule has 0 unspecified atom stereocenters. The van der Waals surface area contributed by atoms with Crippen molar-refractivity contribution in [2.24, 2.45) is 0 Å². The van der Waals surface area contributed by atoms with Crippen LogP contribution in [0.25, 0.3) is 11.1 Å². The van der Waals surface area contributed by atoms with E-state index in [9.17, 15) is 9.90 Å². The number of aryl methyl sites for hydroxylation is 3. The Morgan fingerprint density at radius 1 is 1.00 bits per heavy atom. The normalized spacial score (nSPS) is 13.8. The smallest absolute Gasteiger partial charge is 0.336 e. The maximum absolute atomic E-state index is 11.4. The quantitative estimate of drug-likeness (QED) is 0.882. The molecule has 0 bridgehead atoms. The summed E-state index contributed by atoms with van der Waals surface area (Å²) in [5.74, 6) is -0.860. The van der Waals surface area contributed by atoms with Gasteiger partial charge in [0, 0.05) is 0 Å². The molecule has 0 fully saturated rings. The molecule has 0 atom stereocenters. The zero-order valence-corrected chi connectivity index (χ0v) is 11.6. The highest BCUT2D eigenvalue weighted by Gasteiger charge is 2.14. The summed E-state index contributed by atoms with van der Waals surface area (Å²) in [6, 6.07) is 12.0. The summed E-state index contributed by atoms with van der Waals surface area (Å²) in [7, 11) is 0. The number of rotatable bonds is 2. The molecule has 0 heterocycles. The summed E-state index contributed by atoms with van der Waals surface area (Å²) < 4.78 is 0. The summed E-state index contributed by atoms with van der Waals surface area (Å²) >= 11 is 0. The molecule has 3 rings (SSSR count). The van der Waals surface area contributed by atoms with Crippen LogP contribution in [0.3, 0.4) is 0 Å². The van der Waals surface area contributed by atoms with E-state index in [4.69, 9.17) is 0 Å². The average molecular weight is 266 g/mol. The van der Waals surface area contributed by atoms with Gasteiger partial charge in [0.15, 0.2) is 0 Å². The molecule has 0 radical (unpaired) electrons. The summed E-state index contributed by atoms with van der Waals surface area (Å²) in [5, 5.41) is 9.39. The van der Waals surface area contributed by atoms with Gasteiger partial charge in [-0.2, -0.15) is 0 Å². The van der Waals surface area contributed by atoms with Crippen LogP contribution in [0.4, 0.5) is 0 Å². The minimum absolute atomic E-state index is 0.390.